The summed E-state index contributed by atoms with van der Waals surface area (Å²) in [5.74, 6) is 1.43. The van der Waals surface area contributed by atoms with Crippen LogP contribution in [0.5, 0.6) is 0 Å². The second-order valence-corrected chi connectivity index (χ2v) is 6.17. The Labute approximate surface area is 106 Å². The minimum atomic E-state index is 0.0378. The summed E-state index contributed by atoms with van der Waals surface area (Å²) in [7, 11) is 0. The Morgan fingerprint density at radius 2 is 2.12 bits per heavy atom. The Kier molecular flexibility index (Phi) is 4.35. The first-order valence-electron chi connectivity index (χ1n) is 6.62. The predicted octanol–water partition coefficient (Wildman–Crippen LogP) is 4.40. The molecule has 3 atom stereocenters. The third kappa shape index (κ3) is 3.08. The van der Waals surface area contributed by atoms with Gasteiger partial charge in [-0.25, -0.2) is 0 Å². The van der Waals surface area contributed by atoms with Crippen LogP contribution in [0.25, 0.3) is 0 Å². The van der Waals surface area contributed by atoms with Gasteiger partial charge in [0.25, 0.3) is 0 Å². The van der Waals surface area contributed by atoms with Crippen molar-refractivity contribution in [3.05, 3.63) is 23.8 Å². The summed E-state index contributed by atoms with van der Waals surface area (Å²) in [6.45, 7) is 12.8. The molecule has 0 radical (unpaired) electrons. The van der Waals surface area contributed by atoms with Gasteiger partial charge >= 0.3 is 0 Å². The molecule has 0 saturated heterocycles. The second kappa shape index (κ2) is 5.20. The SMILES string of the molecule is CC(=O)C(C)C=CC1C(C)=CCC(C)C1(C)C. The summed E-state index contributed by atoms with van der Waals surface area (Å²) in [6.07, 6.45) is 7.84. The number of hydrogen-bond donors (Lipinski definition) is 0. The lowest BCUT2D eigenvalue weighted by Crippen LogP contribution is -2.33. The smallest absolute Gasteiger partial charge is 0.136 e. The van der Waals surface area contributed by atoms with Crippen molar-refractivity contribution in [3.8, 4) is 0 Å². The Bertz CT molecular complexity index is 347. The van der Waals surface area contributed by atoms with E-state index in [2.05, 4.69) is 45.9 Å². The van der Waals surface area contributed by atoms with Crippen LogP contribution >= 0.6 is 0 Å². The number of rotatable bonds is 3. The number of ketones is 1. The molecule has 0 aliphatic heterocycles. The van der Waals surface area contributed by atoms with Crippen LogP contribution in [0.3, 0.4) is 0 Å². The number of carbonyl (C=O) groups excluding carboxylic acids is 1. The van der Waals surface area contributed by atoms with E-state index >= 15 is 0 Å². The Morgan fingerprint density at radius 3 is 2.65 bits per heavy atom. The van der Waals surface area contributed by atoms with Gasteiger partial charge in [0.2, 0.25) is 0 Å². The lowest BCUT2D eigenvalue weighted by Gasteiger charge is -2.42. The van der Waals surface area contributed by atoms with Crippen molar-refractivity contribution in [1.82, 2.24) is 0 Å². The van der Waals surface area contributed by atoms with Crippen LogP contribution in [0.15, 0.2) is 23.8 Å². The van der Waals surface area contributed by atoms with Gasteiger partial charge in [-0.15, -0.1) is 0 Å². The fourth-order valence-corrected chi connectivity index (χ4v) is 2.50. The van der Waals surface area contributed by atoms with E-state index in [0.29, 0.717) is 11.8 Å². The molecule has 1 nitrogen and oxygen atoms in total. The fourth-order valence-electron chi connectivity index (χ4n) is 2.50. The molecular weight excluding hydrogens is 208 g/mol. The van der Waals surface area contributed by atoms with Gasteiger partial charge in [0.05, 0.1) is 0 Å². The van der Waals surface area contributed by atoms with Gasteiger partial charge in [-0.2, -0.15) is 0 Å². The summed E-state index contributed by atoms with van der Waals surface area (Å²) >= 11 is 0. The van der Waals surface area contributed by atoms with Gasteiger partial charge < -0.3 is 0 Å². The minimum absolute atomic E-state index is 0.0378. The quantitative estimate of drug-likeness (QED) is 0.662. The van der Waals surface area contributed by atoms with E-state index in [0.717, 1.165) is 0 Å². The molecule has 0 bridgehead atoms. The molecule has 17 heavy (non-hydrogen) atoms. The zero-order valence-electron chi connectivity index (χ0n) is 12.1. The highest BCUT2D eigenvalue weighted by molar-refractivity contribution is 5.79. The molecule has 0 amide bonds. The molecule has 1 aliphatic carbocycles. The maximum atomic E-state index is 11.3. The zero-order valence-corrected chi connectivity index (χ0v) is 12.1. The molecule has 0 fully saturated rings. The highest BCUT2D eigenvalue weighted by Gasteiger charge is 2.36. The summed E-state index contributed by atoms with van der Waals surface area (Å²) in [5.41, 5.74) is 1.73. The standard InChI is InChI=1S/C16H26O/c1-11(14(4)17)8-10-15-12(2)7-9-13(3)16(15,5)6/h7-8,10-11,13,15H,9H2,1-6H3. The first-order valence-corrected chi connectivity index (χ1v) is 6.62. The fraction of sp³-hybridized carbons (Fsp3) is 0.688. The van der Waals surface area contributed by atoms with Gasteiger partial charge in [0.1, 0.15) is 5.78 Å². The van der Waals surface area contributed by atoms with Crippen LogP contribution in [0.1, 0.15) is 48.0 Å². The Morgan fingerprint density at radius 1 is 1.53 bits per heavy atom. The van der Waals surface area contributed by atoms with Crippen molar-refractivity contribution in [2.75, 3.05) is 0 Å². The molecule has 0 aromatic rings. The van der Waals surface area contributed by atoms with E-state index in [1.54, 1.807) is 6.92 Å². The van der Waals surface area contributed by atoms with Crippen molar-refractivity contribution in [2.45, 2.75) is 48.0 Å². The highest BCUT2D eigenvalue weighted by atomic mass is 16.1. The van der Waals surface area contributed by atoms with Gasteiger partial charge in [-0.05, 0) is 31.6 Å². The number of carbonyl (C=O) groups is 1. The Hall–Kier alpha value is -0.850. The van der Waals surface area contributed by atoms with E-state index in [9.17, 15) is 4.79 Å². The van der Waals surface area contributed by atoms with E-state index in [1.165, 1.54) is 12.0 Å². The van der Waals surface area contributed by atoms with E-state index in [1.807, 2.05) is 6.92 Å². The molecule has 0 aromatic carbocycles. The van der Waals surface area contributed by atoms with Crippen molar-refractivity contribution >= 4 is 5.78 Å². The largest absolute Gasteiger partial charge is 0.299 e. The average Bonchev–Trinajstić information content (AvgIpc) is 2.23. The topological polar surface area (TPSA) is 17.1 Å². The van der Waals surface area contributed by atoms with Crippen molar-refractivity contribution in [3.63, 3.8) is 0 Å². The highest BCUT2D eigenvalue weighted by Crippen LogP contribution is 2.45. The molecule has 1 heteroatoms. The van der Waals surface area contributed by atoms with Gasteiger partial charge in [0, 0.05) is 11.8 Å². The predicted molar refractivity (Wildman–Crippen MR) is 73.8 cm³/mol. The van der Waals surface area contributed by atoms with E-state index in [4.69, 9.17) is 0 Å². The first kappa shape index (κ1) is 14.2. The first-order chi connectivity index (χ1) is 7.76. The van der Waals surface area contributed by atoms with E-state index in [-0.39, 0.29) is 17.1 Å². The lowest BCUT2D eigenvalue weighted by atomic mass is 9.63. The molecule has 0 saturated carbocycles. The van der Waals surface area contributed by atoms with Crippen LogP contribution in [-0.2, 0) is 4.79 Å². The summed E-state index contributed by atoms with van der Waals surface area (Å²) in [6, 6.07) is 0. The summed E-state index contributed by atoms with van der Waals surface area (Å²) in [5, 5.41) is 0. The van der Waals surface area contributed by atoms with Crippen molar-refractivity contribution in [1.29, 1.82) is 0 Å². The zero-order chi connectivity index (χ0) is 13.2. The third-order valence-corrected chi connectivity index (χ3v) is 4.59. The number of Topliss-reactive ketones (excluding diaryl/α,β-unsaturated/α-hetero) is 1. The van der Waals surface area contributed by atoms with Crippen LogP contribution in [0.4, 0.5) is 0 Å². The molecule has 1 aliphatic rings. The van der Waals surface area contributed by atoms with Gasteiger partial charge in [-0.3, -0.25) is 4.79 Å². The molecular formula is C16H26O. The van der Waals surface area contributed by atoms with Crippen LogP contribution < -0.4 is 0 Å². The van der Waals surface area contributed by atoms with E-state index < -0.39 is 0 Å². The molecule has 3 unspecified atom stereocenters. The maximum Gasteiger partial charge on any atom is 0.136 e. The minimum Gasteiger partial charge on any atom is -0.299 e. The summed E-state index contributed by atoms with van der Waals surface area (Å²) in [4.78, 5) is 11.3. The number of hydrogen-bond acceptors (Lipinski definition) is 1. The van der Waals surface area contributed by atoms with Gasteiger partial charge in [-0.1, -0.05) is 51.5 Å². The third-order valence-electron chi connectivity index (χ3n) is 4.59. The molecule has 0 aromatic heterocycles. The Balaban J connectivity index is 2.91. The summed E-state index contributed by atoms with van der Waals surface area (Å²) < 4.78 is 0. The molecule has 1 rings (SSSR count). The maximum absolute atomic E-state index is 11.3. The number of allylic oxidation sites excluding steroid dienone is 4. The molecule has 0 heterocycles. The van der Waals surface area contributed by atoms with Gasteiger partial charge in [0.15, 0.2) is 0 Å². The lowest BCUT2D eigenvalue weighted by molar-refractivity contribution is -0.118. The molecule has 0 N–H and O–H groups in total. The van der Waals surface area contributed by atoms with Crippen LogP contribution in [0.2, 0.25) is 0 Å². The normalized spacial score (nSPS) is 30.1. The van der Waals surface area contributed by atoms with Crippen molar-refractivity contribution < 1.29 is 4.79 Å². The molecule has 96 valence electrons. The average molecular weight is 234 g/mol. The second-order valence-electron chi connectivity index (χ2n) is 6.17. The molecule has 0 spiro atoms. The van der Waals surface area contributed by atoms with Crippen LogP contribution in [0, 0.1) is 23.2 Å². The van der Waals surface area contributed by atoms with Crippen molar-refractivity contribution in [2.24, 2.45) is 23.2 Å². The van der Waals surface area contributed by atoms with Crippen LogP contribution in [-0.4, -0.2) is 5.78 Å². The monoisotopic (exact) mass is 234 g/mol.